The third-order valence-corrected chi connectivity index (χ3v) is 7.18. The van der Waals surface area contributed by atoms with E-state index >= 15 is 0 Å². The molecular weight excluding hydrogens is 559 g/mol. The fourth-order valence-corrected chi connectivity index (χ4v) is 4.74. The van der Waals surface area contributed by atoms with Crippen LogP contribution in [0.1, 0.15) is 52.0 Å². The van der Waals surface area contributed by atoms with Crippen molar-refractivity contribution in [1.29, 1.82) is 0 Å². The average Bonchev–Trinajstić information content (AvgIpc) is 2.95. The minimum absolute atomic E-state index is 0.0983. The largest absolute Gasteiger partial charge is 0.416 e. The molecule has 41 heavy (non-hydrogen) atoms. The summed E-state index contributed by atoms with van der Waals surface area (Å²) in [6.07, 6.45) is 1.57. The second-order valence-corrected chi connectivity index (χ2v) is 10.2. The number of alkyl halides is 3. The molecule has 13 heteroatoms. The Balaban J connectivity index is 1.63. The highest BCUT2D eigenvalue weighted by atomic mass is 32.2. The molecule has 1 fully saturated rings. The fraction of sp³-hybridized carbons (Fsp3) is 0.357. The summed E-state index contributed by atoms with van der Waals surface area (Å²) >= 11 is 1.56. The van der Waals surface area contributed by atoms with Gasteiger partial charge in [0, 0.05) is 29.1 Å². The van der Waals surface area contributed by atoms with Gasteiger partial charge in [0.1, 0.15) is 0 Å². The van der Waals surface area contributed by atoms with E-state index < -0.39 is 41.7 Å². The summed E-state index contributed by atoms with van der Waals surface area (Å²) in [5, 5.41) is 12.8. The molecular formula is C28H32F3N5O4S. The summed E-state index contributed by atoms with van der Waals surface area (Å²) < 4.78 is 39.9. The third-order valence-electron chi connectivity index (χ3n) is 6.44. The first-order valence-corrected chi connectivity index (χ1v) is 14.1. The smallest absolute Gasteiger partial charge is 0.350 e. The molecule has 0 radical (unpaired) electrons. The molecule has 9 nitrogen and oxygen atoms in total. The molecule has 0 aromatic heterocycles. The van der Waals surface area contributed by atoms with Crippen molar-refractivity contribution in [3.63, 3.8) is 0 Å². The number of carbonyl (C=O) groups is 4. The van der Waals surface area contributed by atoms with Gasteiger partial charge < -0.3 is 26.6 Å². The lowest BCUT2D eigenvalue weighted by Gasteiger charge is -2.33. The van der Waals surface area contributed by atoms with E-state index in [0.717, 1.165) is 29.9 Å². The Hall–Kier alpha value is -4.00. The van der Waals surface area contributed by atoms with Gasteiger partial charge in [0.05, 0.1) is 23.4 Å². The first-order chi connectivity index (χ1) is 19.5. The lowest BCUT2D eigenvalue weighted by molar-refractivity contribution is -0.137. The van der Waals surface area contributed by atoms with Crippen molar-refractivity contribution in [3.05, 3.63) is 71.8 Å². The number of urea groups is 1. The van der Waals surface area contributed by atoms with Crippen molar-refractivity contribution >= 4 is 41.2 Å². The van der Waals surface area contributed by atoms with E-state index in [1.54, 1.807) is 23.9 Å². The van der Waals surface area contributed by atoms with Crippen LogP contribution in [-0.2, 0) is 11.0 Å². The normalized spacial score (nSPS) is 16.7. The van der Waals surface area contributed by atoms with Crippen molar-refractivity contribution in [2.45, 2.75) is 48.8 Å². The van der Waals surface area contributed by atoms with Crippen LogP contribution in [0.25, 0.3) is 0 Å². The van der Waals surface area contributed by atoms with Crippen LogP contribution in [0.5, 0.6) is 0 Å². The monoisotopic (exact) mass is 591 g/mol. The van der Waals surface area contributed by atoms with Gasteiger partial charge in [-0.3, -0.25) is 14.4 Å². The number of hydrogen-bond acceptors (Lipinski definition) is 5. The molecule has 1 aliphatic carbocycles. The molecule has 3 rings (SSSR count). The van der Waals surface area contributed by atoms with Crippen molar-refractivity contribution in [1.82, 2.24) is 21.3 Å². The van der Waals surface area contributed by atoms with Crippen LogP contribution < -0.4 is 26.6 Å². The zero-order valence-corrected chi connectivity index (χ0v) is 23.2. The van der Waals surface area contributed by atoms with Gasteiger partial charge in [-0.2, -0.15) is 13.2 Å². The summed E-state index contributed by atoms with van der Waals surface area (Å²) in [7, 11) is 0. The standard InChI is InChI=1S/C28H32F3N5O4S/c1-3-14-32-27(40)36-21-13-10-18(28(29,30)31)15-20(21)26(39)33-16-24(37)34-22-6-4-5-7-23(22)35-25(38)17-8-11-19(41-2)12-9-17/h3,8-13,15,22-23H,1,4-7,14,16H2,2H3,(H,33,39)(H,34,37)(H,35,38)(H2,32,36,40)/t22-,23+/m1/s1. The van der Waals surface area contributed by atoms with Gasteiger partial charge in [-0.25, -0.2) is 4.79 Å². The van der Waals surface area contributed by atoms with E-state index in [2.05, 4.69) is 33.2 Å². The predicted molar refractivity (Wildman–Crippen MR) is 151 cm³/mol. The minimum atomic E-state index is -4.73. The van der Waals surface area contributed by atoms with Gasteiger partial charge in [0.15, 0.2) is 0 Å². The lowest BCUT2D eigenvalue weighted by atomic mass is 9.90. The Bertz CT molecular complexity index is 1270. The number of amides is 5. The number of rotatable bonds is 10. The molecule has 0 saturated heterocycles. The molecule has 0 bridgehead atoms. The number of anilines is 1. The first-order valence-electron chi connectivity index (χ1n) is 12.9. The Kier molecular flexibility index (Phi) is 11.2. The molecule has 0 unspecified atom stereocenters. The van der Waals surface area contributed by atoms with E-state index in [4.69, 9.17) is 0 Å². The van der Waals surface area contributed by atoms with Crippen molar-refractivity contribution in [2.24, 2.45) is 0 Å². The van der Waals surface area contributed by atoms with Crippen LogP contribution in [0.3, 0.4) is 0 Å². The number of hydrogen-bond donors (Lipinski definition) is 5. The molecule has 0 heterocycles. The van der Waals surface area contributed by atoms with E-state index in [1.807, 2.05) is 18.4 Å². The van der Waals surface area contributed by atoms with Crippen LogP contribution in [0.4, 0.5) is 23.7 Å². The molecule has 0 aliphatic heterocycles. The van der Waals surface area contributed by atoms with Crippen LogP contribution in [-0.4, -0.2) is 55.2 Å². The third kappa shape index (κ3) is 9.27. The van der Waals surface area contributed by atoms with Gasteiger partial charge in [0.2, 0.25) is 5.91 Å². The molecule has 1 aliphatic rings. The molecule has 1 saturated carbocycles. The average molecular weight is 592 g/mol. The molecule has 2 atom stereocenters. The van der Waals surface area contributed by atoms with Gasteiger partial charge in [-0.05, 0) is 61.6 Å². The van der Waals surface area contributed by atoms with E-state index in [9.17, 15) is 32.3 Å². The SMILES string of the molecule is C=CCNC(=O)Nc1ccc(C(F)(F)F)cc1C(=O)NCC(=O)N[C@@H]1CCCC[C@@H]1NC(=O)c1ccc(SC)cc1. The molecule has 220 valence electrons. The summed E-state index contributed by atoms with van der Waals surface area (Å²) in [5.74, 6) is -1.81. The number of thioether (sulfide) groups is 1. The van der Waals surface area contributed by atoms with E-state index in [-0.39, 0.29) is 30.2 Å². The number of halogens is 3. The lowest BCUT2D eigenvalue weighted by Crippen LogP contribution is -2.54. The molecule has 5 N–H and O–H groups in total. The quantitative estimate of drug-likeness (QED) is 0.208. The maximum Gasteiger partial charge on any atom is 0.416 e. The van der Waals surface area contributed by atoms with E-state index in [1.165, 1.54) is 6.08 Å². The summed E-state index contributed by atoms with van der Waals surface area (Å²) in [5.41, 5.74) is -1.22. The second kappa shape index (κ2) is 14.6. The maximum atomic E-state index is 13.3. The zero-order valence-electron chi connectivity index (χ0n) is 22.4. The highest BCUT2D eigenvalue weighted by Crippen LogP contribution is 2.32. The van der Waals surface area contributed by atoms with Gasteiger partial charge in [-0.15, -0.1) is 18.3 Å². The Morgan fingerprint density at radius 2 is 1.61 bits per heavy atom. The van der Waals surface area contributed by atoms with Gasteiger partial charge in [0.25, 0.3) is 11.8 Å². The number of benzene rings is 2. The molecule has 5 amide bonds. The number of nitrogens with one attached hydrogen (secondary N) is 5. The Morgan fingerprint density at radius 3 is 2.22 bits per heavy atom. The van der Waals surface area contributed by atoms with Crippen LogP contribution >= 0.6 is 11.8 Å². The highest BCUT2D eigenvalue weighted by Gasteiger charge is 2.32. The van der Waals surface area contributed by atoms with Crippen molar-refractivity contribution in [3.8, 4) is 0 Å². The van der Waals surface area contributed by atoms with Crippen molar-refractivity contribution < 1.29 is 32.3 Å². The Morgan fingerprint density at radius 1 is 0.951 bits per heavy atom. The maximum absolute atomic E-state index is 13.3. The topological polar surface area (TPSA) is 128 Å². The second-order valence-electron chi connectivity index (χ2n) is 9.33. The van der Waals surface area contributed by atoms with Gasteiger partial charge in [-0.1, -0.05) is 18.9 Å². The zero-order chi connectivity index (χ0) is 30.0. The van der Waals surface area contributed by atoms with Crippen LogP contribution in [0.2, 0.25) is 0 Å². The van der Waals surface area contributed by atoms with Crippen LogP contribution in [0.15, 0.2) is 60.0 Å². The fourth-order valence-electron chi connectivity index (χ4n) is 4.33. The molecule has 2 aromatic carbocycles. The molecule has 2 aromatic rings. The van der Waals surface area contributed by atoms with Crippen molar-refractivity contribution in [2.75, 3.05) is 24.7 Å². The Labute approximate surface area is 240 Å². The summed E-state index contributed by atoms with van der Waals surface area (Å²) in [4.78, 5) is 51.4. The number of carbonyl (C=O) groups excluding carboxylic acids is 4. The highest BCUT2D eigenvalue weighted by molar-refractivity contribution is 7.98. The van der Waals surface area contributed by atoms with E-state index in [0.29, 0.717) is 24.5 Å². The molecule has 0 spiro atoms. The first kappa shape index (κ1) is 31.5. The minimum Gasteiger partial charge on any atom is -0.350 e. The summed E-state index contributed by atoms with van der Waals surface area (Å²) in [6, 6.07) is 8.00. The van der Waals surface area contributed by atoms with Gasteiger partial charge >= 0.3 is 12.2 Å². The van der Waals surface area contributed by atoms with Crippen LogP contribution in [0, 0.1) is 0 Å². The summed E-state index contributed by atoms with van der Waals surface area (Å²) in [6.45, 7) is 3.03. The predicted octanol–water partition coefficient (Wildman–Crippen LogP) is 4.32.